The van der Waals surface area contributed by atoms with Crippen molar-refractivity contribution in [1.29, 1.82) is 10.5 Å². The molecule has 2 aromatic rings. The van der Waals surface area contributed by atoms with Crippen LogP contribution in [0.3, 0.4) is 0 Å². The number of thiophene rings is 1. The summed E-state index contributed by atoms with van der Waals surface area (Å²) in [7, 11) is 0. The molecule has 1 N–H and O–H groups in total. The Morgan fingerprint density at radius 1 is 1.36 bits per heavy atom. The lowest BCUT2D eigenvalue weighted by Gasteiger charge is -2.17. The second-order valence-electron chi connectivity index (χ2n) is 8.44. The van der Waals surface area contributed by atoms with Gasteiger partial charge < -0.3 is 14.6 Å². The standard InChI is InChI=1S/C25H28N4O3S/c1-5-8-29-16(3)10-18(17(29)4)11-19(12-26)25(31)32-14-23(30)28-24-21(13-27)20-7-6-15(2)9-22(20)33-24/h10-11,15H,5-9,14H2,1-4H3,(H,28,30)/b19-11+/t15-/m0/s1. The van der Waals surface area contributed by atoms with E-state index < -0.39 is 18.5 Å². The highest BCUT2D eigenvalue weighted by Gasteiger charge is 2.25. The number of nitrogens with zero attached hydrogens (tertiary/aromatic N) is 3. The number of aromatic nitrogens is 1. The van der Waals surface area contributed by atoms with Gasteiger partial charge in [0, 0.05) is 22.8 Å². The second kappa shape index (κ2) is 10.5. The van der Waals surface area contributed by atoms with Crippen LogP contribution in [0.4, 0.5) is 5.00 Å². The zero-order valence-corrected chi connectivity index (χ0v) is 20.3. The summed E-state index contributed by atoms with van der Waals surface area (Å²) in [6, 6.07) is 5.99. The normalized spacial score (nSPS) is 15.3. The molecule has 0 bridgehead atoms. The van der Waals surface area contributed by atoms with Crippen LogP contribution in [0.1, 0.15) is 59.6 Å². The van der Waals surface area contributed by atoms with Crippen LogP contribution in [0.15, 0.2) is 11.6 Å². The molecule has 172 valence electrons. The van der Waals surface area contributed by atoms with E-state index in [1.54, 1.807) is 0 Å². The molecule has 0 spiro atoms. The largest absolute Gasteiger partial charge is 0.451 e. The highest BCUT2D eigenvalue weighted by atomic mass is 32.1. The predicted octanol–water partition coefficient (Wildman–Crippen LogP) is 4.66. The number of nitriles is 2. The van der Waals surface area contributed by atoms with Crippen molar-refractivity contribution in [3.8, 4) is 12.1 Å². The molecule has 3 rings (SSSR count). The van der Waals surface area contributed by atoms with Crippen molar-refractivity contribution in [2.24, 2.45) is 5.92 Å². The van der Waals surface area contributed by atoms with E-state index in [1.807, 2.05) is 26.0 Å². The maximum atomic E-state index is 12.4. The van der Waals surface area contributed by atoms with Crippen molar-refractivity contribution in [2.45, 2.75) is 59.9 Å². The highest BCUT2D eigenvalue weighted by molar-refractivity contribution is 7.16. The van der Waals surface area contributed by atoms with Gasteiger partial charge >= 0.3 is 5.97 Å². The van der Waals surface area contributed by atoms with Crippen LogP contribution in [-0.4, -0.2) is 23.1 Å². The lowest BCUT2D eigenvalue weighted by atomic mass is 9.89. The minimum absolute atomic E-state index is 0.169. The number of hydrogen-bond acceptors (Lipinski definition) is 6. The molecule has 1 aliphatic rings. The van der Waals surface area contributed by atoms with Gasteiger partial charge in [0.1, 0.15) is 22.7 Å². The predicted molar refractivity (Wildman–Crippen MR) is 128 cm³/mol. The van der Waals surface area contributed by atoms with Gasteiger partial charge in [-0.1, -0.05) is 13.8 Å². The summed E-state index contributed by atoms with van der Waals surface area (Å²) in [6.07, 6.45) is 5.22. The first-order valence-corrected chi connectivity index (χ1v) is 11.9. The number of aryl methyl sites for hydroxylation is 1. The SMILES string of the molecule is CCCn1c(C)cc(/C=C(\C#N)C(=O)OCC(=O)Nc2sc3c(c2C#N)CC[C@H](C)C3)c1C. The minimum Gasteiger partial charge on any atom is -0.451 e. The molecule has 2 heterocycles. The third kappa shape index (κ3) is 5.35. The van der Waals surface area contributed by atoms with Crippen molar-refractivity contribution in [2.75, 3.05) is 11.9 Å². The minimum atomic E-state index is -0.854. The van der Waals surface area contributed by atoms with Gasteiger partial charge in [-0.3, -0.25) is 4.79 Å². The average Bonchev–Trinajstić information content (AvgIpc) is 3.26. The molecule has 2 aromatic heterocycles. The lowest BCUT2D eigenvalue weighted by molar-refractivity contribution is -0.142. The fourth-order valence-electron chi connectivity index (χ4n) is 4.16. The summed E-state index contributed by atoms with van der Waals surface area (Å²) in [4.78, 5) is 26.0. The third-order valence-electron chi connectivity index (χ3n) is 5.91. The maximum Gasteiger partial charge on any atom is 0.349 e. The van der Waals surface area contributed by atoms with Gasteiger partial charge in [-0.15, -0.1) is 11.3 Å². The molecule has 1 amide bonds. The monoisotopic (exact) mass is 464 g/mol. The van der Waals surface area contributed by atoms with Gasteiger partial charge in [0.05, 0.1) is 5.56 Å². The van der Waals surface area contributed by atoms with Gasteiger partial charge in [0.2, 0.25) is 0 Å². The van der Waals surface area contributed by atoms with Gasteiger partial charge in [0.15, 0.2) is 6.61 Å². The molecule has 0 saturated carbocycles. The first-order chi connectivity index (χ1) is 15.8. The molecule has 0 aromatic carbocycles. The molecule has 33 heavy (non-hydrogen) atoms. The maximum absolute atomic E-state index is 12.4. The Labute approximate surface area is 198 Å². The summed E-state index contributed by atoms with van der Waals surface area (Å²) in [6.45, 7) is 8.51. The van der Waals surface area contributed by atoms with Crippen LogP contribution >= 0.6 is 11.3 Å². The number of fused-ring (bicyclic) bond motifs is 1. The first-order valence-electron chi connectivity index (χ1n) is 11.1. The Morgan fingerprint density at radius 2 is 2.12 bits per heavy atom. The molecule has 8 heteroatoms. The summed E-state index contributed by atoms with van der Waals surface area (Å²) < 4.78 is 7.22. The number of amides is 1. The summed E-state index contributed by atoms with van der Waals surface area (Å²) in [5, 5.41) is 22.2. The molecule has 0 radical (unpaired) electrons. The molecule has 1 atom stereocenters. The van der Waals surface area contributed by atoms with Gasteiger partial charge in [-0.2, -0.15) is 10.5 Å². The fourth-order valence-corrected chi connectivity index (χ4v) is 5.54. The molecule has 7 nitrogen and oxygen atoms in total. The van der Waals surface area contributed by atoms with Crippen LogP contribution in [0, 0.1) is 42.4 Å². The highest BCUT2D eigenvalue weighted by Crippen LogP contribution is 2.39. The second-order valence-corrected chi connectivity index (χ2v) is 9.55. The molecule has 0 unspecified atom stereocenters. The molecule has 0 saturated heterocycles. The number of anilines is 1. The number of carbonyl (C=O) groups is 2. The van der Waals surface area contributed by atoms with Gasteiger partial charge in [-0.25, -0.2) is 4.79 Å². The van der Waals surface area contributed by atoms with Crippen LogP contribution in [0.5, 0.6) is 0 Å². The average molecular weight is 465 g/mol. The van der Waals surface area contributed by atoms with E-state index in [0.717, 1.165) is 59.6 Å². The van der Waals surface area contributed by atoms with Gasteiger partial charge in [-0.05, 0) is 68.7 Å². The number of hydrogen-bond donors (Lipinski definition) is 1. The van der Waals surface area contributed by atoms with Crippen molar-refractivity contribution in [3.63, 3.8) is 0 Å². The number of carbonyl (C=O) groups excluding carboxylic acids is 2. The van der Waals surface area contributed by atoms with E-state index in [2.05, 4.69) is 29.8 Å². The van der Waals surface area contributed by atoms with Gasteiger partial charge in [0.25, 0.3) is 5.91 Å². The van der Waals surface area contributed by atoms with Crippen molar-refractivity contribution in [1.82, 2.24) is 4.57 Å². The first kappa shape index (κ1) is 24.3. The quantitative estimate of drug-likeness (QED) is 0.364. The Bertz CT molecular complexity index is 1190. The van der Waals surface area contributed by atoms with E-state index in [0.29, 0.717) is 16.5 Å². The smallest absolute Gasteiger partial charge is 0.349 e. The third-order valence-corrected chi connectivity index (χ3v) is 7.08. The van der Waals surface area contributed by atoms with E-state index in [9.17, 15) is 20.1 Å². The Kier molecular flexibility index (Phi) is 7.73. The van der Waals surface area contributed by atoms with Crippen LogP contribution in [0.2, 0.25) is 0 Å². The van der Waals surface area contributed by atoms with Crippen molar-refractivity contribution < 1.29 is 14.3 Å². The molecular formula is C25H28N4O3S. The number of nitrogens with one attached hydrogen (secondary N) is 1. The summed E-state index contributed by atoms with van der Waals surface area (Å²) in [5.74, 6) is -0.840. The molecule has 0 fully saturated rings. The van der Waals surface area contributed by atoms with E-state index in [1.165, 1.54) is 17.4 Å². The lowest BCUT2D eigenvalue weighted by Crippen LogP contribution is -2.21. The Morgan fingerprint density at radius 3 is 2.79 bits per heavy atom. The van der Waals surface area contributed by atoms with Crippen LogP contribution in [-0.2, 0) is 33.7 Å². The van der Waals surface area contributed by atoms with E-state index in [-0.39, 0.29) is 5.57 Å². The topological polar surface area (TPSA) is 108 Å². The zero-order chi connectivity index (χ0) is 24.1. The van der Waals surface area contributed by atoms with E-state index >= 15 is 0 Å². The number of rotatable bonds is 7. The van der Waals surface area contributed by atoms with E-state index in [4.69, 9.17) is 4.74 Å². The van der Waals surface area contributed by atoms with Crippen LogP contribution in [0.25, 0.3) is 6.08 Å². The zero-order valence-electron chi connectivity index (χ0n) is 19.4. The molecule has 0 aliphatic heterocycles. The fraction of sp³-hybridized carbons (Fsp3) is 0.440. The molecular weight excluding hydrogens is 436 g/mol. The van der Waals surface area contributed by atoms with Crippen molar-refractivity contribution >= 4 is 34.3 Å². The number of esters is 1. The summed E-state index contributed by atoms with van der Waals surface area (Å²) >= 11 is 1.41. The Balaban J connectivity index is 1.66. The molecule has 1 aliphatic carbocycles. The summed E-state index contributed by atoms with van der Waals surface area (Å²) in [5.41, 5.74) is 4.14. The number of ether oxygens (including phenoxy) is 1. The van der Waals surface area contributed by atoms with Crippen molar-refractivity contribution in [3.05, 3.63) is 44.6 Å². The van der Waals surface area contributed by atoms with Crippen LogP contribution < -0.4 is 5.32 Å². The Hall–Kier alpha value is -3.36.